The highest BCUT2D eigenvalue weighted by atomic mass is 14.2. The molecule has 0 nitrogen and oxygen atoms in total. The van der Waals surface area contributed by atoms with Crippen LogP contribution < -0.4 is 0 Å². The van der Waals surface area contributed by atoms with Gasteiger partial charge in [0.15, 0.2) is 0 Å². The van der Waals surface area contributed by atoms with Crippen molar-refractivity contribution in [2.24, 2.45) is 0 Å². The van der Waals surface area contributed by atoms with Crippen LogP contribution in [0.15, 0.2) is 303 Å². The Kier molecular flexibility index (Phi) is 91.0. The SMILES string of the molecule is CC.CC.CC.CC.CC.CC.CC.CC.CC.CC.CC.CC.CC.CC.CC.CC.CC.c1ccc(-c2ccc(C(c3ccc(-c4ccccc4)cc3)c3ccc(-c4ccccc4)cc3)cc2)cc1.c1ccc(-c2ccc(C(c3ccccc3)c3ccc(-c4ccccc4)cc3)cc2)cc1. The molecule has 0 atom stereocenters. The van der Waals surface area contributed by atoms with Crippen LogP contribution in [0.4, 0.5) is 0 Å². The van der Waals surface area contributed by atoms with E-state index in [4.69, 9.17) is 0 Å². The first-order valence-electron chi connectivity index (χ1n) is 40.6. The number of benzene rings is 11. The van der Waals surface area contributed by atoms with Gasteiger partial charge in [-0.1, -0.05) is 539 Å². The molecule has 0 aliphatic carbocycles. The van der Waals surface area contributed by atoms with E-state index in [0.29, 0.717) is 0 Å². The minimum atomic E-state index is 0.152. The second-order valence-electron chi connectivity index (χ2n) is 17.2. The molecule has 0 unspecified atom stereocenters. The van der Waals surface area contributed by atoms with Crippen LogP contribution in [0, 0.1) is 0 Å². The average molecular weight is 1380 g/mol. The fourth-order valence-electron chi connectivity index (χ4n) is 9.29. The lowest BCUT2D eigenvalue weighted by Gasteiger charge is -2.20. The zero-order valence-electron chi connectivity index (χ0n) is 72.0. The molecular formula is C102H154. The molecule has 11 aromatic rings. The van der Waals surface area contributed by atoms with Crippen LogP contribution in [0.1, 0.15) is 281 Å². The maximum Gasteiger partial charge on any atom is 0.0340 e. The van der Waals surface area contributed by atoms with Crippen molar-refractivity contribution >= 4 is 0 Å². The van der Waals surface area contributed by atoms with Crippen LogP contribution >= 0.6 is 0 Å². The third-order valence-electron chi connectivity index (χ3n) is 12.9. The fourth-order valence-corrected chi connectivity index (χ4v) is 9.29. The molecule has 0 aliphatic heterocycles. The Morgan fingerprint density at radius 1 is 0.0980 bits per heavy atom. The third kappa shape index (κ3) is 42.0. The summed E-state index contributed by atoms with van der Waals surface area (Å²) in [4.78, 5) is 0. The molecule has 11 aromatic carbocycles. The van der Waals surface area contributed by atoms with E-state index in [0.717, 1.165) is 0 Å². The first kappa shape index (κ1) is 109. The molecule has 102 heavy (non-hydrogen) atoms. The molecular weight excluding hydrogens is 1230 g/mol. The first-order chi connectivity index (χ1) is 50.7. The summed E-state index contributed by atoms with van der Waals surface area (Å²) in [5.41, 5.74) is 20.2. The summed E-state index contributed by atoms with van der Waals surface area (Å²) >= 11 is 0. The lowest BCUT2D eigenvalue weighted by Crippen LogP contribution is -2.03. The van der Waals surface area contributed by atoms with Gasteiger partial charge in [-0.25, -0.2) is 0 Å². The third-order valence-corrected chi connectivity index (χ3v) is 12.9. The molecule has 0 spiro atoms. The minimum Gasteiger partial charge on any atom is -0.0683 e. The van der Waals surface area contributed by atoms with Crippen LogP contribution in [0.25, 0.3) is 55.6 Å². The van der Waals surface area contributed by atoms with Crippen molar-refractivity contribution in [2.45, 2.75) is 247 Å². The predicted molar refractivity (Wildman–Crippen MR) is 481 cm³/mol. The summed E-state index contributed by atoms with van der Waals surface area (Å²) in [6.07, 6.45) is 0. The zero-order chi connectivity index (χ0) is 79.7. The highest BCUT2D eigenvalue weighted by molar-refractivity contribution is 5.69. The molecule has 0 heteroatoms. The summed E-state index contributed by atoms with van der Waals surface area (Å²) in [6.45, 7) is 68.0. The van der Waals surface area contributed by atoms with Crippen molar-refractivity contribution < 1.29 is 0 Å². The largest absolute Gasteiger partial charge is 0.0683 e. The van der Waals surface area contributed by atoms with E-state index in [1.807, 2.05) is 235 Å². The van der Waals surface area contributed by atoms with Gasteiger partial charge in [0, 0.05) is 11.8 Å². The first-order valence-corrected chi connectivity index (χ1v) is 40.6. The molecule has 0 N–H and O–H groups in total. The number of hydrogen-bond acceptors (Lipinski definition) is 0. The number of rotatable bonds is 11. The van der Waals surface area contributed by atoms with Gasteiger partial charge in [-0.2, -0.15) is 0 Å². The van der Waals surface area contributed by atoms with Crippen molar-refractivity contribution in [3.8, 4) is 55.6 Å². The molecule has 0 aliphatic rings. The van der Waals surface area contributed by atoms with Crippen molar-refractivity contribution in [1.82, 2.24) is 0 Å². The van der Waals surface area contributed by atoms with Crippen molar-refractivity contribution in [2.75, 3.05) is 0 Å². The summed E-state index contributed by atoms with van der Waals surface area (Å²) in [6, 6.07) is 109. The highest BCUT2D eigenvalue weighted by Crippen LogP contribution is 2.37. The van der Waals surface area contributed by atoms with Gasteiger partial charge in [0.1, 0.15) is 0 Å². The fraction of sp³-hybridized carbons (Fsp3) is 0.353. The molecule has 0 saturated heterocycles. The topological polar surface area (TPSA) is 0 Å². The Hall–Kier alpha value is -8.58. The zero-order valence-corrected chi connectivity index (χ0v) is 72.0. The lowest BCUT2D eigenvalue weighted by atomic mass is 9.83. The van der Waals surface area contributed by atoms with Gasteiger partial charge in [0.25, 0.3) is 0 Å². The van der Waals surface area contributed by atoms with Crippen LogP contribution in [-0.2, 0) is 0 Å². The maximum atomic E-state index is 2.28. The van der Waals surface area contributed by atoms with Crippen molar-refractivity contribution in [1.29, 1.82) is 0 Å². The summed E-state index contributed by atoms with van der Waals surface area (Å²) in [5, 5.41) is 0. The Bertz CT molecular complexity index is 2940. The number of hydrogen-bond donors (Lipinski definition) is 0. The lowest BCUT2D eigenvalue weighted by molar-refractivity contribution is 0.978. The van der Waals surface area contributed by atoms with Gasteiger partial charge < -0.3 is 0 Å². The molecule has 0 radical (unpaired) electrons. The summed E-state index contributed by atoms with van der Waals surface area (Å²) in [5.74, 6) is 0.357. The molecule has 562 valence electrons. The van der Waals surface area contributed by atoms with Gasteiger partial charge in [0.2, 0.25) is 0 Å². The monoisotopic (exact) mass is 1380 g/mol. The van der Waals surface area contributed by atoms with E-state index < -0.39 is 0 Å². The quantitative estimate of drug-likeness (QED) is 0.113. The van der Waals surface area contributed by atoms with E-state index in [-0.39, 0.29) is 11.8 Å². The molecule has 0 saturated carbocycles. The second kappa shape index (κ2) is 84.8. The summed E-state index contributed by atoms with van der Waals surface area (Å²) in [7, 11) is 0. The van der Waals surface area contributed by atoms with Crippen LogP contribution in [-0.4, -0.2) is 0 Å². The van der Waals surface area contributed by atoms with E-state index in [1.54, 1.807) is 0 Å². The van der Waals surface area contributed by atoms with Gasteiger partial charge >= 0.3 is 0 Å². The van der Waals surface area contributed by atoms with Gasteiger partial charge in [-0.05, 0) is 89.0 Å². The van der Waals surface area contributed by atoms with Gasteiger partial charge in [-0.3, -0.25) is 0 Å². The highest BCUT2D eigenvalue weighted by Gasteiger charge is 2.19. The van der Waals surface area contributed by atoms with E-state index >= 15 is 0 Å². The Balaban J connectivity index is -0.000000205. The molecule has 0 aromatic heterocycles. The molecule has 11 rings (SSSR count). The Morgan fingerprint density at radius 3 is 0.304 bits per heavy atom. The molecule has 0 heterocycles. The Morgan fingerprint density at radius 2 is 0.186 bits per heavy atom. The van der Waals surface area contributed by atoms with E-state index in [9.17, 15) is 0 Å². The standard InChI is InChI=1S/C37H28.C31H24.17C2H6/c1-4-10-28(11-5-1)31-16-22-34(23-17-31)37(35-24-18-32(19-25-35)29-12-6-2-7-13-29)36-26-20-33(21-27-36)30-14-8-3-9-15-30;1-4-10-24(11-5-1)26-16-20-29(21-17-26)31(28-14-8-3-9-15-28)30-22-18-27(19-23-30)25-12-6-2-7-13-25;17*1-2/h1-27,37H;1-23,31H;17*1-2H3. The van der Waals surface area contributed by atoms with Crippen molar-refractivity contribution in [3.05, 3.63) is 337 Å². The minimum absolute atomic E-state index is 0.152. The predicted octanol–water partition coefficient (Wildman–Crippen LogP) is 35.5. The van der Waals surface area contributed by atoms with Crippen LogP contribution in [0.2, 0.25) is 0 Å². The van der Waals surface area contributed by atoms with Crippen LogP contribution in [0.3, 0.4) is 0 Å². The molecule has 0 bridgehead atoms. The van der Waals surface area contributed by atoms with Crippen molar-refractivity contribution in [3.63, 3.8) is 0 Å². The van der Waals surface area contributed by atoms with Gasteiger partial charge in [0.05, 0.1) is 0 Å². The maximum absolute atomic E-state index is 2.28. The normalized spacial score (nSPS) is 8.27. The van der Waals surface area contributed by atoms with Gasteiger partial charge in [-0.15, -0.1) is 0 Å². The molecule has 0 amide bonds. The van der Waals surface area contributed by atoms with E-state index in [2.05, 4.69) is 303 Å². The summed E-state index contributed by atoms with van der Waals surface area (Å²) < 4.78 is 0. The Labute approximate surface area is 635 Å². The average Bonchev–Trinajstić information content (AvgIpc) is 0.806. The molecule has 0 fully saturated rings. The van der Waals surface area contributed by atoms with E-state index in [1.165, 1.54) is 89.0 Å². The van der Waals surface area contributed by atoms with Crippen LogP contribution in [0.5, 0.6) is 0 Å². The second-order valence-corrected chi connectivity index (χ2v) is 17.2. The smallest absolute Gasteiger partial charge is 0.0340 e.